The Kier molecular flexibility index (Phi) is 1.53. The highest BCUT2D eigenvalue weighted by Crippen LogP contribution is 2.37. The van der Waals surface area contributed by atoms with Crippen LogP contribution in [-0.4, -0.2) is 10.9 Å². The van der Waals surface area contributed by atoms with Crippen LogP contribution < -0.4 is 0 Å². The van der Waals surface area contributed by atoms with E-state index in [4.69, 9.17) is 0 Å². The zero-order chi connectivity index (χ0) is 7.84. The van der Waals surface area contributed by atoms with E-state index in [0.717, 1.165) is 22.6 Å². The van der Waals surface area contributed by atoms with Crippen LogP contribution in [0.3, 0.4) is 0 Å². The minimum Gasteiger partial charge on any atom is -0.508 e. The Morgan fingerprint density at radius 1 is 1.45 bits per heavy atom. The summed E-state index contributed by atoms with van der Waals surface area (Å²) in [7, 11) is 0. The highest BCUT2D eigenvalue weighted by molar-refractivity contribution is 7.99. The molecule has 0 aromatic heterocycles. The smallest absolute Gasteiger partial charge is 0.128 e. The molecule has 0 spiro atoms. The van der Waals surface area contributed by atoms with Crippen molar-refractivity contribution in [2.45, 2.75) is 11.3 Å². The summed E-state index contributed by atoms with van der Waals surface area (Å²) in [5.41, 5.74) is 0.899. The van der Waals surface area contributed by atoms with Crippen molar-refractivity contribution >= 4 is 11.8 Å². The van der Waals surface area contributed by atoms with Crippen LogP contribution in [0.2, 0.25) is 0 Å². The van der Waals surface area contributed by atoms with Crippen molar-refractivity contribution in [3.05, 3.63) is 23.5 Å². The van der Waals surface area contributed by atoms with E-state index in [2.05, 4.69) is 0 Å². The van der Waals surface area contributed by atoms with Crippen molar-refractivity contribution in [3.63, 3.8) is 0 Å². The Hall–Kier alpha value is -0.700. The van der Waals surface area contributed by atoms with Gasteiger partial charge in [0, 0.05) is 22.3 Å². The molecule has 0 bridgehead atoms. The van der Waals surface area contributed by atoms with Crippen molar-refractivity contribution < 1.29 is 9.50 Å². The Bertz CT molecular complexity index is 298. The van der Waals surface area contributed by atoms with E-state index < -0.39 is 0 Å². The number of halogens is 1. The summed E-state index contributed by atoms with van der Waals surface area (Å²) in [5.74, 6) is 0.701. The number of benzene rings is 1. The number of fused-ring (bicyclic) bond motifs is 1. The molecule has 0 atom stereocenters. The van der Waals surface area contributed by atoms with Crippen LogP contribution in [0.25, 0.3) is 0 Å². The predicted molar refractivity (Wildman–Crippen MR) is 42.5 cm³/mol. The van der Waals surface area contributed by atoms with E-state index in [-0.39, 0.29) is 11.6 Å². The van der Waals surface area contributed by atoms with Crippen LogP contribution >= 0.6 is 11.8 Å². The maximum atomic E-state index is 12.6. The first-order valence-electron chi connectivity index (χ1n) is 3.41. The second-order valence-corrected chi connectivity index (χ2v) is 3.64. The maximum Gasteiger partial charge on any atom is 0.128 e. The molecule has 1 nitrogen and oxygen atoms in total. The number of phenols is 1. The number of aromatic hydroxyl groups is 1. The molecule has 1 heterocycles. The van der Waals surface area contributed by atoms with Gasteiger partial charge in [0.05, 0.1) is 0 Å². The Morgan fingerprint density at radius 3 is 3.09 bits per heavy atom. The molecule has 0 aliphatic carbocycles. The zero-order valence-electron chi connectivity index (χ0n) is 5.80. The van der Waals surface area contributed by atoms with Crippen molar-refractivity contribution in [1.82, 2.24) is 0 Å². The normalized spacial score (nSPS) is 15.0. The monoisotopic (exact) mass is 170 g/mol. The third-order valence-corrected chi connectivity index (χ3v) is 2.84. The summed E-state index contributed by atoms with van der Waals surface area (Å²) in [6.07, 6.45) is 0.853. The molecule has 3 heteroatoms. The summed E-state index contributed by atoms with van der Waals surface area (Å²) in [5, 5.41) is 9.26. The van der Waals surface area contributed by atoms with E-state index in [1.807, 2.05) is 0 Å². The van der Waals surface area contributed by atoms with E-state index in [1.54, 1.807) is 11.8 Å². The SMILES string of the molecule is Oc1cc(F)cc2c1CCS2. The van der Waals surface area contributed by atoms with Gasteiger partial charge in [0.1, 0.15) is 11.6 Å². The lowest BCUT2D eigenvalue weighted by molar-refractivity contribution is 0.460. The standard InChI is InChI=1S/C8H7FOS/c9-5-3-7(10)6-1-2-11-8(6)4-5/h3-4,10H,1-2H2. The van der Waals surface area contributed by atoms with Crippen LogP contribution in [0.5, 0.6) is 5.75 Å². The average Bonchev–Trinajstić information content (AvgIpc) is 2.34. The quantitative estimate of drug-likeness (QED) is 0.644. The van der Waals surface area contributed by atoms with Gasteiger partial charge in [-0.1, -0.05) is 0 Å². The lowest BCUT2D eigenvalue weighted by Crippen LogP contribution is -1.83. The van der Waals surface area contributed by atoms with Gasteiger partial charge in [-0.05, 0) is 12.5 Å². The number of phenolic OH excluding ortho intramolecular Hbond substituents is 1. The lowest BCUT2D eigenvalue weighted by atomic mass is 10.1. The molecule has 0 unspecified atom stereocenters. The van der Waals surface area contributed by atoms with Crippen LogP contribution in [0, 0.1) is 5.82 Å². The second-order valence-electron chi connectivity index (χ2n) is 2.50. The van der Waals surface area contributed by atoms with Crippen molar-refractivity contribution in [2.24, 2.45) is 0 Å². The fraction of sp³-hybridized carbons (Fsp3) is 0.250. The van der Waals surface area contributed by atoms with E-state index >= 15 is 0 Å². The van der Waals surface area contributed by atoms with Crippen LogP contribution in [0.1, 0.15) is 5.56 Å². The number of rotatable bonds is 0. The minimum absolute atomic E-state index is 0.102. The first-order chi connectivity index (χ1) is 5.27. The topological polar surface area (TPSA) is 20.2 Å². The van der Waals surface area contributed by atoms with E-state index in [1.165, 1.54) is 12.1 Å². The number of hydrogen-bond donors (Lipinski definition) is 1. The molecule has 11 heavy (non-hydrogen) atoms. The van der Waals surface area contributed by atoms with Gasteiger partial charge in [-0.15, -0.1) is 11.8 Å². The van der Waals surface area contributed by atoms with Crippen LogP contribution in [0.4, 0.5) is 4.39 Å². The molecule has 1 aromatic carbocycles. The fourth-order valence-electron chi connectivity index (χ4n) is 1.24. The Morgan fingerprint density at radius 2 is 2.27 bits per heavy atom. The zero-order valence-corrected chi connectivity index (χ0v) is 6.62. The van der Waals surface area contributed by atoms with E-state index in [9.17, 15) is 9.50 Å². The van der Waals surface area contributed by atoms with Gasteiger partial charge in [0.25, 0.3) is 0 Å². The molecule has 0 saturated heterocycles. The third kappa shape index (κ3) is 1.09. The Balaban J connectivity index is 2.60. The molecular formula is C8H7FOS. The summed E-state index contributed by atoms with van der Waals surface area (Å²) in [6.45, 7) is 0. The molecule has 0 saturated carbocycles. The minimum atomic E-state index is -0.351. The largest absolute Gasteiger partial charge is 0.508 e. The summed E-state index contributed by atoms with van der Waals surface area (Å²) >= 11 is 1.60. The van der Waals surface area contributed by atoms with Crippen molar-refractivity contribution in [1.29, 1.82) is 0 Å². The van der Waals surface area contributed by atoms with Gasteiger partial charge in [0.15, 0.2) is 0 Å². The molecule has 2 rings (SSSR count). The van der Waals surface area contributed by atoms with Gasteiger partial charge in [-0.25, -0.2) is 4.39 Å². The molecule has 1 aromatic rings. The molecular weight excluding hydrogens is 163 g/mol. The molecule has 1 aliphatic rings. The first-order valence-corrected chi connectivity index (χ1v) is 4.40. The molecule has 0 radical (unpaired) electrons. The fourth-order valence-corrected chi connectivity index (χ4v) is 2.34. The lowest BCUT2D eigenvalue weighted by Gasteiger charge is -2.00. The Labute approximate surface area is 68.2 Å². The van der Waals surface area contributed by atoms with Gasteiger partial charge >= 0.3 is 0 Å². The molecule has 1 N–H and O–H groups in total. The first kappa shape index (κ1) is 6.98. The van der Waals surface area contributed by atoms with Crippen LogP contribution in [-0.2, 0) is 6.42 Å². The summed E-state index contributed by atoms with van der Waals surface area (Å²) in [6, 6.07) is 2.65. The van der Waals surface area contributed by atoms with Gasteiger partial charge in [0.2, 0.25) is 0 Å². The number of thioether (sulfide) groups is 1. The van der Waals surface area contributed by atoms with Gasteiger partial charge < -0.3 is 5.11 Å². The van der Waals surface area contributed by atoms with Crippen molar-refractivity contribution in [3.8, 4) is 5.75 Å². The van der Waals surface area contributed by atoms with Gasteiger partial charge in [-0.3, -0.25) is 0 Å². The number of hydrogen-bond acceptors (Lipinski definition) is 2. The molecule has 0 amide bonds. The summed E-state index contributed by atoms with van der Waals surface area (Å²) < 4.78 is 12.6. The second kappa shape index (κ2) is 2.41. The van der Waals surface area contributed by atoms with Crippen LogP contribution in [0.15, 0.2) is 17.0 Å². The third-order valence-electron chi connectivity index (χ3n) is 1.76. The highest BCUT2D eigenvalue weighted by Gasteiger charge is 2.16. The van der Waals surface area contributed by atoms with E-state index in [0.29, 0.717) is 0 Å². The molecule has 0 fully saturated rings. The maximum absolute atomic E-state index is 12.6. The van der Waals surface area contributed by atoms with Gasteiger partial charge in [-0.2, -0.15) is 0 Å². The highest BCUT2D eigenvalue weighted by atomic mass is 32.2. The average molecular weight is 170 g/mol. The predicted octanol–water partition coefficient (Wildman–Crippen LogP) is 2.18. The molecule has 58 valence electrons. The van der Waals surface area contributed by atoms with Crippen molar-refractivity contribution in [2.75, 3.05) is 5.75 Å². The molecule has 1 aliphatic heterocycles. The summed E-state index contributed by atoms with van der Waals surface area (Å²) in [4.78, 5) is 0.891.